The van der Waals surface area contributed by atoms with Crippen molar-refractivity contribution in [3.8, 4) is 22.8 Å². The summed E-state index contributed by atoms with van der Waals surface area (Å²) < 4.78 is 11.6. The van der Waals surface area contributed by atoms with Crippen molar-refractivity contribution in [2.24, 2.45) is 0 Å². The van der Waals surface area contributed by atoms with Gasteiger partial charge in [0.05, 0.1) is 24.4 Å². The molecule has 0 radical (unpaired) electrons. The lowest BCUT2D eigenvalue weighted by Crippen LogP contribution is -2.04. The molecule has 6 heteroatoms. The average Bonchev–Trinajstić information content (AvgIpc) is 2.87. The van der Waals surface area contributed by atoms with Gasteiger partial charge in [0.1, 0.15) is 16.5 Å². The lowest BCUT2D eigenvalue weighted by molar-refractivity contribution is 0.402. The lowest BCUT2D eigenvalue weighted by atomic mass is 10.1. The summed E-state index contributed by atoms with van der Waals surface area (Å²) in [6, 6.07) is 3.83. The first-order valence-corrected chi connectivity index (χ1v) is 7.37. The minimum Gasteiger partial charge on any atom is -0.496 e. The molecule has 4 nitrogen and oxygen atoms in total. The van der Waals surface area contributed by atoms with Crippen molar-refractivity contribution < 1.29 is 9.47 Å². The summed E-state index contributed by atoms with van der Waals surface area (Å²) in [6.07, 6.45) is 0. The molecule has 1 aromatic carbocycles. The Hall–Kier alpha value is -1.11. The van der Waals surface area contributed by atoms with E-state index in [0.717, 1.165) is 38.8 Å². The molecule has 0 aliphatic heterocycles. The van der Waals surface area contributed by atoms with Crippen LogP contribution in [0.2, 0.25) is 0 Å². The topological polar surface area (TPSA) is 43.4 Å². The van der Waals surface area contributed by atoms with Gasteiger partial charge in [-0.2, -0.15) is 0 Å². The number of ether oxygens (including phenoxy) is 2. The minimum atomic E-state index is 0.763. The lowest BCUT2D eigenvalue weighted by Gasteiger charge is -2.10. The van der Waals surface area contributed by atoms with Gasteiger partial charge in [0.15, 0.2) is 0 Å². The summed E-state index contributed by atoms with van der Waals surface area (Å²) in [6.45, 7) is 0.765. The second-order valence-corrected chi connectivity index (χ2v) is 5.64. The van der Waals surface area contributed by atoms with Gasteiger partial charge in [0.2, 0.25) is 0 Å². The molecule has 0 unspecified atom stereocenters. The van der Waals surface area contributed by atoms with Crippen molar-refractivity contribution in [3.63, 3.8) is 0 Å². The van der Waals surface area contributed by atoms with Crippen LogP contribution in [-0.4, -0.2) is 26.3 Å². The molecule has 0 saturated heterocycles. The second kappa shape index (κ2) is 6.36. The predicted molar refractivity (Wildman–Crippen MR) is 81.1 cm³/mol. The van der Waals surface area contributed by atoms with Gasteiger partial charge in [-0.1, -0.05) is 0 Å². The highest BCUT2D eigenvalue weighted by molar-refractivity contribution is 9.10. The first-order chi connectivity index (χ1) is 9.19. The van der Waals surface area contributed by atoms with E-state index < -0.39 is 0 Å². The van der Waals surface area contributed by atoms with Crippen molar-refractivity contribution in [1.82, 2.24) is 10.3 Å². The van der Waals surface area contributed by atoms with Gasteiger partial charge in [-0.25, -0.2) is 4.98 Å². The molecular weight excluding hydrogens is 328 g/mol. The van der Waals surface area contributed by atoms with Crippen LogP contribution in [0.5, 0.6) is 11.5 Å². The molecule has 2 aromatic rings. The van der Waals surface area contributed by atoms with Crippen LogP contribution in [0.25, 0.3) is 11.3 Å². The molecule has 0 aliphatic rings. The number of thiazole rings is 1. The Morgan fingerprint density at radius 1 is 1.26 bits per heavy atom. The van der Waals surface area contributed by atoms with Gasteiger partial charge < -0.3 is 14.8 Å². The fraction of sp³-hybridized carbons (Fsp3) is 0.308. The van der Waals surface area contributed by atoms with E-state index in [-0.39, 0.29) is 0 Å². The summed E-state index contributed by atoms with van der Waals surface area (Å²) in [5.41, 5.74) is 1.83. The van der Waals surface area contributed by atoms with E-state index in [1.165, 1.54) is 0 Å². The average molecular weight is 343 g/mol. The highest BCUT2D eigenvalue weighted by Gasteiger charge is 2.14. The molecular formula is C13H15BrN2O2S. The van der Waals surface area contributed by atoms with Crippen molar-refractivity contribution in [3.05, 3.63) is 27.0 Å². The Kier molecular flexibility index (Phi) is 4.79. The van der Waals surface area contributed by atoms with E-state index >= 15 is 0 Å². The SMILES string of the molecule is CNCc1nc(-c2cc(OC)c(Br)cc2OC)cs1. The van der Waals surface area contributed by atoms with Gasteiger partial charge in [-0.05, 0) is 35.1 Å². The molecule has 1 heterocycles. The Balaban J connectivity index is 2.46. The number of methoxy groups -OCH3 is 2. The Morgan fingerprint density at radius 3 is 2.63 bits per heavy atom. The normalized spacial score (nSPS) is 10.5. The van der Waals surface area contributed by atoms with E-state index in [2.05, 4.69) is 26.2 Å². The first kappa shape index (κ1) is 14.3. The largest absolute Gasteiger partial charge is 0.496 e. The molecule has 2 rings (SSSR count). The molecule has 0 amide bonds. The van der Waals surface area contributed by atoms with Crippen molar-refractivity contribution in [2.75, 3.05) is 21.3 Å². The molecule has 0 spiro atoms. The second-order valence-electron chi connectivity index (χ2n) is 3.84. The first-order valence-electron chi connectivity index (χ1n) is 5.70. The van der Waals surface area contributed by atoms with Crippen LogP contribution in [-0.2, 0) is 6.54 Å². The van der Waals surface area contributed by atoms with Gasteiger partial charge in [-0.3, -0.25) is 0 Å². The van der Waals surface area contributed by atoms with Crippen LogP contribution in [0.4, 0.5) is 0 Å². The summed E-state index contributed by atoms with van der Waals surface area (Å²) in [5, 5.41) is 6.16. The monoisotopic (exact) mass is 342 g/mol. The number of benzene rings is 1. The maximum atomic E-state index is 5.41. The Bertz CT molecular complexity index is 572. The summed E-state index contributed by atoms with van der Waals surface area (Å²) in [7, 11) is 5.20. The molecule has 1 aromatic heterocycles. The molecule has 0 aliphatic carbocycles. The highest BCUT2D eigenvalue weighted by Crippen LogP contribution is 2.38. The van der Waals surface area contributed by atoms with Gasteiger partial charge in [-0.15, -0.1) is 11.3 Å². The summed E-state index contributed by atoms with van der Waals surface area (Å²) in [5.74, 6) is 1.54. The number of halogens is 1. The number of nitrogens with zero attached hydrogens (tertiary/aromatic N) is 1. The van der Waals surface area contributed by atoms with Crippen LogP contribution in [0.1, 0.15) is 5.01 Å². The summed E-state index contributed by atoms with van der Waals surface area (Å²) >= 11 is 5.08. The fourth-order valence-electron chi connectivity index (χ4n) is 1.73. The van der Waals surface area contributed by atoms with Gasteiger partial charge in [0.25, 0.3) is 0 Å². The van der Waals surface area contributed by atoms with Crippen molar-refractivity contribution >= 4 is 27.3 Å². The van der Waals surface area contributed by atoms with E-state index in [0.29, 0.717) is 0 Å². The van der Waals surface area contributed by atoms with Gasteiger partial charge >= 0.3 is 0 Å². The predicted octanol–water partition coefficient (Wildman–Crippen LogP) is 3.31. The molecule has 102 valence electrons. The number of hydrogen-bond donors (Lipinski definition) is 1. The molecule has 0 atom stereocenters. The van der Waals surface area contributed by atoms with E-state index in [1.54, 1.807) is 25.6 Å². The zero-order valence-electron chi connectivity index (χ0n) is 11.0. The van der Waals surface area contributed by atoms with Crippen molar-refractivity contribution in [1.29, 1.82) is 0 Å². The van der Waals surface area contributed by atoms with E-state index in [1.807, 2.05) is 24.6 Å². The van der Waals surface area contributed by atoms with E-state index in [4.69, 9.17) is 9.47 Å². The number of aromatic nitrogens is 1. The standard InChI is InChI=1S/C13H15BrN2O2S/c1-15-6-13-16-10(7-19-13)8-4-12(18-3)9(14)5-11(8)17-2/h4-5,7,15H,6H2,1-3H3. The van der Waals surface area contributed by atoms with Crippen LogP contribution in [0.15, 0.2) is 22.0 Å². The van der Waals surface area contributed by atoms with E-state index in [9.17, 15) is 0 Å². The van der Waals surface area contributed by atoms with Crippen LogP contribution >= 0.6 is 27.3 Å². The number of rotatable bonds is 5. The smallest absolute Gasteiger partial charge is 0.133 e. The third-order valence-electron chi connectivity index (χ3n) is 2.63. The molecule has 1 N–H and O–H groups in total. The highest BCUT2D eigenvalue weighted by atomic mass is 79.9. The number of nitrogens with one attached hydrogen (secondary N) is 1. The van der Waals surface area contributed by atoms with Crippen LogP contribution < -0.4 is 14.8 Å². The Morgan fingerprint density at radius 2 is 2.00 bits per heavy atom. The molecule has 0 fully saturated rings. The zero-order valence-corrected chi connectivity index (χ0v) is 13.4. The van der Waals surface area contributed by atoms with Crippen LogP contribution in [0.3, 0.4) is 0 Å². The molecule has 19 heavy (non-hydrogen) atoms. The van der Waals surface area contributed by atoms with Gasteiger partial charge in [0, 0.05) is 17.5 Å². The third-order valence-corrected chi connectivity index (χ3v) is 4.10. The quantitative estimate of drug-likeness (QED) is 0.905. The maximum Gasteiger partial charge on any atom is 0.133 e. The Labute approximate surface area is 124 Å². The minimum absolute atomic E-state index is 0.763. The molecule has 0 bridgehead atoms. The summed E-state index contributed by atoms with van der Waals surface area (Å²) in [4.78, 5) is 4.59. The number of hydrogen-bond acceptors (Lipinski definition) is 5. The molecule has 0 saturated carbocycles. The van der Waals surface area contributed by atoms with Crippen molar-refractivity contribution in [2.45, 2.75) is 6.54 Å². The van der Waals surface area contributed by atoms with Crippen LogP contribution in [0, 0.1) is 0 Å². The fourth-order valence-corrected chi connectivity index (χ4v) is 3.02. The third kappa shape index (κ3) is 3.08. The maximum absolute atomic E-state index is 5.41. The zero-order chi connectivity index (χ0) is 13.8.